The van der Waals surface area contributed by atoms with E-state index in [4.69, 9.17) is 0 Å². The average molecular weight is 258 g/mol. The summed E-state index contributed by atoms with van der Waals surface area (Å²) in [5.74, 6) is -0.116. The van der Waals surface area contributed by atoms with Gasteiger partial charge in [0.25, 0.3) is 5.91 Å². The number of hydrogen-bond donors (Lipinski definition) is 3. The van der Waals surface area contributed by atoms with Gasteiger partial charge in [0.2, 0.25) is 0 Å². The molecule has 2 aromatic rings. The van der Waals surface area contributed by atoms with Crippen molar-refractivity contribution in [2.75, 3.05) is 13.6 Å². The van der Waals surface area contributed by atoms with Crippen LogP contribution in [0, 0.1) is 0 Å². The number of aromatic amines is 1. The van der Waals surface area contributed by atoms with E-state index in [-0.39, 0.29) is 11.9 Å². The van der Waals surface area contributed by atoms with Gasteiger partial charge in [-0.1, -0.05) is 30.3 Å². The number of aromatic nitrogens is 2. The van der Waals surface area contributed by atoms with Crippen molar-refractivity contribution >= 4 is 5.91 Å². The predicted octanol–water partition coefficient (Wildman–Crippen LogP) is 1.41. The number of H-pyrrole nitrogens is 1. The normalized spacial score (nSPS) is 12.1. The Bertz CT molecular complexity index is 535. The molecule has 0 aliphatic heterocycles. The topological polar surface area (TPSA) is 69.8 Å². The van der Waals surface area contributed by atoms with Crippen LogP contribution < -0.4 is 10.6 Å². The molecule has 1 unspecified atom stereocenters. The molecule has 0 saturated carbocycles. The van der Waals surface area contributed by atoms with Crippen LogP contribution in [-0.4, -0.2) is 35.7 Å². The number of rotatable bonds is 5. The molecule has 0 bridgehead atoms. The summed E-state index contributed by atoms with van der Waals surface area (Å²) < 4.78 is 0. The summed E-state index contributed by atoms with van der Waals surface area (Å²) in [5, 5.41) is 12.8. The van der Waals surface area contributed by atoms with E-state index < -0.39 is 0 Å². The Labute approximate surface area is 112 Å². The van der Waals surface area contributed by atoms with E-state index in [0.717, 1.165) is 11.3 Å². The van der Waals surface area contributed by atoms with E-state index in [1.165, 1.54) is 0 Å². The van der Waals surface area contributed by atoms with Crippen LogP contribution >= 0.6 is 0 Å². The molecule has 0 spiro atoms. The lowest BCUT2D eigenvalue weighted by Gasteiger charge is -2.11. The third-order valence-electron chi connectivity index (χ3n) is 3.01. The van der Waals surface area contributed by atoms with Gasteiger partial charge >= 0.3 is 0 Å². The molecule has 0 fully saturated rings. The van der Waals surface area contributed by atoms with Crippen molar-refractivity contribution in [1.82, 2.24) is 20.8 Å². The van der Waals surface area contributed by atoms with E-state index in [9.17, 15) is 4.79 Å². The Morgan fingerprint density at radius 2 is 2.11 bits per heavy atom. The molecular weight excluding hydrogens is 240 g/mol. The summed E-state index contributed by atoms with van der Waals surface area (Å²) in [7, 11) is 1.87. The second kappa shape index (κ2) is 6.15. The molecule has 5 nitrogen and oxygen atoms in total. The van der Waals surface area contributed by atoms with Crippen LogP contribution in [-0.2, 0) is 0 Å². The molecule has 3 N–H and O–H groups in total. The zero-order valence-electron chi connectivity index (χ0n) is 11.1. The molecule has 1 amide bonds. The Kier molecular flexibility index (Phi) is 4.30. The Balaban J connectivity index is 2.14. The van der Waals surface area contributed by atoms with Gasteiger partial charge in [0.1, 0.15) is 0 Å². The molecule has 19 heavy (non-hydrogen) atoms. The summed E-state index contributed by atoms with van der Waals surface area (Å²) in [5.41, 5.74) is 2.26. The maximum atomic E-state index is 12.1. The molecule has 0 saturated heterocycles. The van der Waals surface area contributed by atoms with Gasteiger partial charge in [-0.2, -0.15) is 5.10 Å². The Morgan fingerprint density at radius 3 is 2.79 bits per heavy atom. The van der Waals surface area contributed by atoms with Crippen LogP contribution in [0.2, 0.25) is 0 Å². The van der Waals surface area contributed by atoms with Crippen molar-refractivity contribution in [1.29, 1.82) is 0 Å². The minimum absolute atomic E-state index is 0.116. The summed E-state index contributed by atoms with van der Waals surface area (Å²) in [6, 6.07) is 9.92. The maximum absolute atomic E-state index is 12.1. The van der Waals surface area contributed by atoms with Gasteiger partial charge in [-0.05, 0) is 14.0 Å². The van der Waals surface area contributed by atoms with Crippen LogP contribution in [0.15, 0.2) is 36.5 Å². The van der Waals surface area contributed by atoms with Gasteiger partial charge in [-0.3, -0.25) is 9.89 Å². The first-order valence-electron chi connectivity index (χ1n) is 6.26. The number of carbonyl (C=O) groups is 1. The number of likely N-dealkylation sites (N-methyl/N-ethyl adjacent to an activating group) is 1. The minimum Gasteiger partial charge on any atom is -0.350 e. The molecule has 1 atom stereocenters. The van der Waals surface area contributed by atoms with E-state index >= 15 is 0 Å². The van der Waals surface area contributed by atoms with Gasteiger partial charge in [-0.25, -0.2) is 0 Å². The average Bonchev–Trinajstić information content (AvgIpc) is 2.94. The number of hydrogen-bond acceptors (Lipinski definition) is 3. The van der Waals surface area contributed by atoms with E-state index in [1.54, 1.807) is 6.20 Å². The lowest BCUT2D eigenvalue weighted by atomic mass is 10.1. The van der Waals surface area contributed by atoms with Gasteiger partial charge < -0.3 is 10.6 Å². The highest BCUT2D eigenvalue weighted by molar-refractivity contribution is 5.99. The first-order chi connectivity index (χ1) is 9.22. The molecule has 0 aliphatic carbocycles. The van der Waals surface area contributed by atoms with E-state index in [0.29, 0.717) is 12.1 Å². The fourth-order valence-corrected chi connectivity index (χ4v) is 1.73. The number of benzene rings is 1. The summed E-state index contributed by atoms with van der Waals surface area (Å²) >= 11 is 0. The van der Waals surface area contributed by atoms with Gasteiger partial charge in [0.15, 0.2) is 0 Å². The standard InChI is InChI=1S/C14H18N4O/c1-10(15-2)8-16-14(19)12-9-17-18-13(12)11-6-4-3-5-7-11/h3-7,9-10,15H,8H2,1-2H3,(H,16,19)(H,17,18). The van der Waals surface area contributed by atoms with Gasteiger partial charge in [0.05, 0.1) is 17.5 Å². The molecule has 1 aromatic heterocycles. The first-order valence-corrected chi connectivity index (χ1v) is 6.26. The SMILES string of the molecule is CNC(C)CNC(=O)c1cn[nH]c1-c1ccccc1. The van der Waals surface area contributed by atoms with Crippen molar-refractivity contribution in [3.63, 3.8) is 0 Å². The number of nitrogens with one attached hydrogen (secondary N) is 3. The zero-order chi connectivity index (χ0) is 13.7. The second-order valence-corrected chi connectivity index (χ2v) is 4.42. The highest BCUT2D eigenvalue weighted by atomic mass is 16.1. The summed E-state index contributed by atoms with van der Waals surface area (Å²) in [6.45, 7) is 2.59. The first kappa shape index (κ1) is 13.3. The van der Waals surface area contributed by atoms with Crippen LogP contribution in [0.3, 0.4) is 0 Å². The highest BCUT2D eigenvalue weighted by Crippen LogP contribution is 2.20. The van der Waals surface area contributed by atoms with Crippen molar-refractivity contribution in [3.8, 4) is 11.3 Å². The monoisotopic (exact) mass is 258 g/mol. The number of amides is 1. The van der Waals surface area contributed by atoms with Crippen LogP contribution in [0.5, 0.6) is 0 Å². The minimum atomic E-state index is -0.116. The molecule has 5 heteroatoms. The van der Waals surface area contributed by atoms with E-state index in [2.05, 4.69) is 20.8 Å². The van der Waals surface area contributed by atoms with Gasteiger partial charge in [0, 0.05) is 18.2 Å². The van der Waals surface area contributed by atoms with Crippen molar-refractivity contribution in [2.45, 2.75) is 13.0 Å². The zero-order valence-corrected chi connectivity index (χ0v) is 11.1. The molecule has 1 heterocycles. The van der Waals surface area contributed by atoms with Crippen molar-refractivity contribution in [2.24, 2.45) is 0 Å². The van der Waals surface area contributed by atoms with Crippen LogP contribution in [0.4, 0.5) is 0 Å². The fourth-order valence-electron chi connectivity index (χ4n) is 1.73. The highest BCUT2D eigenvalue weighted by Gasteiger charge is 2.15. The van der Waals surface area contributed by atoms with Crippen molar-refractivity contribution in [3.05, 3.63) is 42.1 Å². The molecule has 2 rings (SSSR count). The molecule has 100 valence electrons. The summed E-state index contributed by atoms with van der Waals surface area (Å²) in [6.07, 6.45) is 1.56. The number of carbonyl (C=O) groups excluding carboxylic acids is 1. The van der Waals surface area contributed by atoms with Gasteiger partial charge in [-0.15, -0.1) is 0 Å². The maximum Gasteiger partial charge on any atom is 0.255 e. The third-order valence-corrected chi connectivity index (χ3v) is 3.01. The lowest BCUT2D eigenvalue weighted by molar-refractivity contribution is 0.0951. The Morgan fingerprint density at radius 1 is 1.37 bits per heavy atom. The molecule has 0 radical (unpaired) electrons. The number of nitrogens with zero attached hydrogens (tertiary/aromatic N) is 1. The van der Waals surface area contributed by atoms with E-state index in [1.807, 2.05) is 44.3 Å². The van der Waals surface area contributed by atoms with Crippen LogP contribution in [0.25, 0.3) is 11.3 Å². The smallest absolute Gasteiger partial charge is 0.255 e. The summed E-state index contributed by atoms with van der Waals surface area (Å²) in [4.78, 5) is 12.1. The quantitative estimate of drug-likeness (QED) is 0.759. The third kappa shape index (κ3) is 3.20. The fraction of sp³-hybridized carbons (Fsp3) is 0.286. The second-order valence-electron chi connectivity index (χ2n) is 4.42. The molecular formula is C14H18N4O. The lowest BCUT2D eigenvalue weighted by Crippen LogP contribution is -2.37. The largest absolute Gasteiger partial charge is 0.350 e. The van der Waals surface area contributed by atoms with Crippen molar-refractivity contribution < 1.29 is 4.79 Å². The molecule has 1 aromatic carbocycles. The van der Waals surface area contributed by atoms with Crippen LogP contribution in [0.1, 0.15) is 17.3 Å². The Hall–Kier alpha value is -2.14. The molecule has 0 aliphatic rings. The predicted molar refractivity (Wildman–Crippen MR) is 74.9 cm³/mol.